The van der Waals surface area contributed by atoms with Gasteiger partial charge in [0.2, 0.25) is 0 Å². The van der Waals surface area contributed by atoms with Gasteiger partial charge in [-0.3, -0.25) is 4.79 Å². The van der Waals surface area contributed by atoms with Gasteiger partial charge >= 0.3 is 5.97 Å². The SMILES string of the molecule is COc1cc(C=Nn2c(C)nc3ccc(Br)cc3c2=O)cc(Cl)c1OCC(=O)O. The number of carbonyl (C=O) groups is 1. The molecular formula is C19H15BrClN3O5. The van der Waals surface area contributed by atoms with E-state index in [2.05, 4.69) is 26.0 Å². The molecule has 0 atom stereocenters. The van der Waals surface area contributed by atoms with Crippen LogP contribution in [0.1, 0.15) is 11.4 Å². The first-order valence-electron chi connectivity index (χ1n) is 8.25. The molecule has 3 aromatic rings. The van der Waals surface area contributed by atoms with Gasteiger partial charge in [0.1, 0.15) is 5.82 Å². The number of aryl methyl sites for hydroxylation is 1. The highest BCUT2D eigenvalue weighted by Gasteiger charge is 2.13. The fourth-order valence-corrected chi connectivity index (χ4v) is 3.24. The molecule has 150 valence electrons. The third kappa shape index (κ3) is 4.57. The molecule has 10 heteroatoms. The van der Waals surface area contributed by atoms with Crippen LogP contribution in [-0.4, -0.2) is 40.7 Å². The molecule has 29 heavy (non-hydrogen) atoms. The van der Waals surface area contributed by atoms with E-state index in [-0.39, 0.29) is 22.1 Å². The molecule has 0 aliphatic carbocycles. The predicted molar refractivity (Wildman–Crippen MR) is 113 cm³/mol. The van der Waals surface area contributed by atoms with Gasteiger partial charge in [0.15, 0.2) is 18.1 Å². The Labute approximate surface area is 178 Å². The van der Waals surface area contributed by atoms with Crippen LogP contribution in [0.5, 0.6) is 11.5 Å². The van der Waals surface area contributed by atoms with Crippen LogP contribution in [0.15, 0.2) is 44.7 Å². The Morgan fingerprint density at radius 2 is 2.14 bits per heavy atom. The summed E-state index contributed by atoms with van der Waals surface area (Å²) in [7, 11) is 1.40. The Morgan fingerprint density at radius 3 is 2.83 bits per heavy atom. The van der Waals surface area contributed by atoms with Crippen LogP contribution < -0.4 is 15.0 Å². The van der Waals surface area contributed by atoms with Crippen LogP contribution >= 0.6 is 27.5 Å². The van der Waals surface area contributed by atoms with Gasteiger partial charge in [-0.1, -0.05) is 27.5 Å². The molecule has 0 aliphatic heterocycles. The standard InChI is InChI=1S/C19H15BrClN3O5/c1-10-23-15-4-3-12(20)7-13(15)19(27)24(10)22-8-11-5-14(21)18(16(6-11)28-2)29-9-17(25)26/h3-8H,9H2,1-2H3,(H,25,26). The summed E-state index contributed by atoms with van der Waals surface area (Å²) >= 11 is 9.54. The van der Waals surface area contributed by atoms with Gasteiger partial charge in [0.05, 0.1) is 29.2 Å². The average Bonchev–Trinajstić information content (AvgIpc) is 2.67. The van der Waals surface area contributed by atoms with E-state index in [1.165, 1.54) is 24.1 Å². The van der Waals surface area contributed by atoms with Gasteiger partial charge in [-0.2, -0.15) is 9.78 Å². The number of halogens is 2. The molecule has 1 heterocycles. The molecule has 1 aromatic heterocycles. The largest absolute Gasteiger partial charge is 0.493 e. The lowest BCUT2D eigenvalue weighted by atomic mass is 10.2. The molecule has 0 amide bonds. The molecule has 3 rings (SSSR count). The molecule has 0 saturated carbocycles. The maximum atomic E-state index is 12.8. The average molecular weight is 481 g/mol. The maximum absolute atomic E-state index is 12.8. The van der Waals surface area contributed by atoms with Crippen molar-refractivity contribution in [2.75, 3.05) is 13.7 Å². The number of benzene rings is 2. The first-order valence-corrected chi connectivity index (χ1v) is 9.42. The minimum atomic E-state index is -1.14. The summed E-state index contributed by atoms with van der Waals surface area (Å²) in [4.78, 5) is 27.9. The summed E-state index contributed by atoms with van der Waals surface area (Å²) in [6, 6.07) is 8.34. The molecule has 8 nitrogen and oxygen atoms in total. The number of ether oxygens (including phenoxy) is 2. The second-order valence-corrected chi connectivity index (χ2v) is 7.22. The van der Waals surface area contributed by atoms with Gasteiger partial charge in [0.25, 0.3) is 5.56 Å². The van der Waals surface area contributed by atoms with Crippen LogP contribution in [0.2, 0.25) is 5.02 Å². The van der Waals surface area contributed by atoms with Crippen LogP contribution in [0.25, 0.3) is 10.9 Å². The summed E-state index contributed by atoms with van der Waals surface area (Å²) in [5.41, 5.74) is 0.784. The van der Waals surface area contributed by atoms with Crippen molar-refractivity contribution >= 4 is 50.6 Å². The summed E-state index contributed by atoms with van der Waals surface area (Å²) in [6.07, 6.45) is 1.43. The molecule has 0 bridgehead atoms. The lowest BCUT2D eigenvalue weighted by molar-refractivity contribution is -0.139. The van der Waals surface area contributed by atoms with Crippen molar-refractivity contribution in [3.63, 3.8) is 0 Å². The molecule has 0 saturated heterocycles. The van der Waals surface area contributed by atoms with Gasteiger partial charge in [-0.25, -0.2) is 9.78 Å². The van der Waals surface area contributed by atoms with E-state index in [4.69, 9.17) is 26.2 Å². The number of methoxy groups -OCH3 is 1. The van der Waals surface area contributed by atoms with E-state index in [0.717, 1.165) is 4.47 Å². The molecule has 0 unspecified atom stereocenters. The minimum absolute atomic E-state index is 0.110. The number of rotatable bonds is 6. The quantitative estimate of drug-likeness (QED) is 0.542. The van der Waals surface area contributed by atoms with Crippen molar-refractivity contribution < 1.29 is 19.4 Å². The number of nitrogens with zero attached hydrogens (tertiary/aromatic N) is 3. The van der Waals surface area contributed by atoms with E-state index < -0.39 is 12.6 Å². The van der Waals surface area contributed by atoms with Gasteiger partial charge in [0, 0.05) is 4.47 Å². The van der Waals surface area contributed by atoms with Gasteiger partial charge in [-0.05, 0) is 42.8 Å². The number of aromatic nitrogens is 2. The Balaban J connectivity index is 2.01. The third-order valence-corrected chi connectivity index (χ3v) is 4.66. The zero-order valence-electron chi connectivity index (χ0n) is 15.3. The van der Waals surface area contributed by atoms with Crippen molar-refractivity contribution in [1.29, 1.82) is 0 Å². The number of hydrogen-bond acceptors (Lipinski definition) is 6. The topological polar surface area (TPSA) is 103 Å². The molecule has 0 fully saturated rings. The molecule has 0 spiro atoms. The first-order chi connectivity index (χ1) is 13.8. The summed E-state index contributed by atoms with van der Waals surface area (Å²) in [5, 5.41) is 13.6. The number of hydrogen-bond donors (Lipinski definition) is 1. The van der Waals surface area contributed by atoms with Gasteiger partial charge in [-0.15, -0.1) is 0 Å². The van der Waals surface area contributed by atoms with Crippen LogP contribution in [0.4, 0.5) is 0 Å². The zero-order valence-corrected chi connectivity index (χ0v) is 17.7. The van der Waals surface area contributed by atoms with Crippen LogP contribution in [0.3, 0.4) is 0 Å². The highest BCUT2D eigenvalue weighted by molar-refractivity contribution is 9.10. The number of carboxylic acids is 1. The molecule has 0 radical (unpaired) electrons. The summed E-state index contributed by atoms with van der Waals surface area (Å²) < 4.78 is 12.3. The van der Waals surface area contributed by atoms with Crippen LogP contribution in [0, 0.1) is 6.92 Å². The molecule has 2 aromatic carbocycles. The smallest absolute Gasteiger partial charge is 0.341 e. The highest BCUT2D eigenvalue weighted by atomic mass is 79.9. The zero-order chi connectivity index (χ0) is 21.1. The summed E-state index contributed by atoms with van der Waals surface area (Å²) in [5.74, 6) is -0.372. The molecule has 1 N–H and O–H groups in total. The van der Waals surface area contributed by atoms with E-state index in [1.54, 1.807) is 25.1 Å². The highest BCUT2D eigenvalue weighted by Crippen LogP contribution is 2.36. The number of aliphatic carboxylic acids is 1. The van der Waals surface area contributed by atoms with E-state index >= 15 is 0 Å². The second kappa shape index (κ2) is 8.62. The van der Waals surface area contributed by atoms with Crippen LogP contribution in [-0.2, 0) is 4.79 Å². The third-order valence-electron chi connectivity index (χ3n) is 3.88. The fourth-order valence-electron chi connectivity index (χ4n) is 2.61. The van der Waals surface area contributed by atoms with E-state index in [0.29, 0.717) is 22.3 Å². The van der Waals surface area contributed by atoms with Crippen molar-refractivity contribution in [1.82, 2.24) is 9.66 Å². The molecule has 0 aliphatic rings. The van der Waals surface area contributed by atoms with E-state index in [9.17, 15) is 9.59 Å². The monoisotopic (exact) mass is 479 g/mol. The number of carboxylic acid groups (broad SMARTS) is 1. The maximum Gasteiger partial charge on any atom is 0.341 e. The van der Waals surface area contributed by atoms with E-state index in [1.807, 2.05) is 6.07 Å². The Kier molecular flexibility index (Phi) is 6.19. The summed E-state index contributed by atoms with van der Waals surface area (Å²) in [6.45, 7) is 1.12. The Hall–Kier alpha value is -2.91. The normalized spacial score (nSPS) is 11.2. The fraction of sp³-hybridized carbons (Fsp3) is 0.158. The minimum Gasteiger partial charge on any atom is -0.493 e. The Bertz CT molecular complexity index is 1190. The first kappa shape index (κ1) is 20.8. The molecular weight excluding hydrogens is 466 g/mol. The second-order valence-electron chi connectivity index (χ2n) is 5.90. The van der Waals surface area contributed by atoms with Crippen molar-refractivity contribution in [2.24, 2.45) is 5.10 Å². The lowest BCUT2D eigenvalue weighted by Crippen LogP contribution is -2.20. The van der Waals surface area contributed by atoms with Crippen molar-refractivity contribution in [2.45, 2.75) is 6.92 Å². The lowest BCUT2D eigenvalue weighted by Gasteiger charge is -2.12. The number of fused-ring (bicyclic) bond motifs is 1. The van der Waals surface area contributed by atoms with Crippen molar-refractivity contribution in [3.05, 3.63) is 61.6 Å². The predicted octanol–water partition coefficient (Wildman–Crippen LogP) is 3.48. The Morgan fingerprint density at radius 1 is 1.38 bits per heavy atom. The van der Waals surface area contributed by atoms with Crippen molar-refractivity contribution in [3.8, 4) is 11.5 Å². The van der Waals surface area contributed by atoms with Gasteiger partial charge < -0.3 is 14.6 Å².